The number of hydrogen-bond acceptors (Lipinski definition) is 2. The quantitative estimate of drug-likeness (QED) is 0.563. The molecule has 1 fully saturated rings. The van der Waals surface area contributed by atoms with Gasteiger partial charge in [-0.2, -0.15) is 0 Å². The monoisotopic (exact) mass is 276 g/mol. The highest BCUT2D eigenvalue weighted by atomic mass is 35.5. The summed E-state index contributed by atoms with van der Waals surface area (Å²) >= 11 is 11.2. The molecular weight excluding hydrogens is 259 g/mol. The Morgan fingerprint density at radius 3 is 2.53 bits per heavy atom. The summed E-state index contributed by atoms with van der Waals surface area (Å²) in [5.41, 5.74) is 1.31. The first-order chi connectivity index (χ1) is 8.13. The fraction of sp³-hybridized carbons (Fsp3) is 0.615. The maximum Gasteiger partial charge on any atom is 0.316 e. The number of hydrogen-bond donors (Lipinski definition) is 0. The Hall–Kier alpha value is -0.470. The minimum Gasteiger partial charge on any atom is -0.465 e. The summed E-state index contributed by atoms with van der Waals surface area (Å²) in [6.07, 6.45) is 9.25. The molecule has 1 rings (SSSR count). The van der Waals surface area contributed by atoms with Crippen molar-refractivity contribution in [3.63, 3.8) is 0 Å². The molecule has 1 aliphatic rings. The van der Waals surface area contributed by atoms with Crippen LogP contribution in [0.3, 0.4) is 0 Å². The van der Waals surface area contributed by atoms with Crippen LogP contribution in [0.15, 0.2) is 22.2 Å². The molecule has 1 unspecified atom stereocenters. The molecule has 1 saturated carbocycles. The van der Waals surface area contributed by atoms with Crippen molar-refractivity contribution < 1.29 is 9.53 Å². The summed E-state index contributed by atoms with van der Waals surface area (Å²) in [6, 6.07) is 0. The Labute approximate surface area is 113 Å². The lowest BCUT2D eigenvalue weighted by Crippen LogP contribution is -2.15. The number of carbonyl (C=O) groups is 1. The van der Waals surface area contributed by atoms with Gasteiger partial charge in [0, 0.05) is 0 Å². The maximum absolute atomic E-state index is 11.7. The molecule has 0 saturated heterocycles. The van der Waals surface area contributed by atoms with Crippen molar-refractivity contribution in [3.05, 3.63) is 22.2 Å². The zero-order chi connectivity index (χ0) is 12.7. The summed E-state index contributed by atoms with van der Waals surface area (Å²) in [4.78, 5) is 11.7. The van der Waals surface area contributed by atoms with E-state index >= 15 is 0 Å². The third kappa shape index (κ3) is 5.60. The van der Waals surface area contributed by atoms with Crippen LogP contribution in [0.4, 0.5) is 0 Å². The fourth-order valence-electron chi connectivity index (χ4n) is 1.98. The minimum atomic E-state index is -0.451. The second-order valence-electron chi connectivity index (χ2n) is 4.12. The van der Waals surface area contributed by atoms with Crippen LogP contribution in [0.25, 0.3) is 0 Å². The molecule has 0 heterocycles. The topological polar surface area (TPSA) is 26.3 Å². The molecule has 17 heavy (non-hydrogen) atoms. The molecule has 0 bridgehead atoms. The average molecular weight is 277 g/mol. The van der Waals surface area contributed by atoms with Crippen molar-refractivity contribution in [1.82, 2.24) is 0 Å². The van der Waals surface area contributed by atoms with Gasteiger partial charge in [0.25, 0.3) is 0 Å². The van der Waals surface area contributed by atoms with Crippen LogP contribution in [-0.2, 0) is 9.53 Å². The highest BCUT2D eigenvalue weighted by Crippen LogP contribution is 2.25. The van der Waals surface area contributed by atoms with Gasteiger partial charge in [-0.1, -0.05) is 41.3 Å². The van der Waals surface area contributed by atoms with E-state index in [1.165, 1.54) is 30.9 Å². The molecule has 4 heteroatoms. The molecule has 0 aromatic carbocycles. The van der Waals surface area contributed by atoms with Crippen molar-refractivity contribution >= 4 is 29.2 Å². The number of halogens is 2. The van der Waals surface area contributed by atoms with Crippen LogP contribution in [0.2, 0.25) is 0 Å². The highest BCUT2D eigenvalue weighted by Gasteiger charge is 2.17. The van der Waals surface area contributed by atoms with Gasteiger partial charge in [0.05, 0.1) is 12.5 Å². The van der Waals surface area contributed by atoms with Gasteiger partial charge in [0.15, 0.2) is 0 Å². The largest absolute Gasteiger partial charge is 0.465 e. The van der Waals surface area contributed by atoms with Gasteiger partial charge >= 0.3 is 5.97 Å². The molecule has 1 atom stereocenters. The second kappa shape index (κ2) is 7.78. The second-order valence-corrected chi connectivity index (χ2v) is 5.13. The van der Waals surface area contributed by atoms with Gasteiger partial charge in [-0.25, -0.2) is 0 Å². The Balaban J connectivity index is 2.75. The molecule has 0 radical (unpaired) electrons. The Kier molecular flexibility index (Phi) is 6.68. The van der Waals surface area contributed by atoms with Gasteiger partial charge in [-0.15, -0.1) is 0 Å². The van der Waals surface area contributed by atoms with Crippen LogP contribution in [0.1, 0.15) is 39.0 Å². The number of esters is 1. The number of carbonyl (C=O) groups excluding carboxylic acids is 1. The third-order valence-corrected chi connectivity index (χ3v) is 3.03. The van der Waals surface area contributed by atoms with E-state index in [9.17, 15) is 4.79 Å². The van der Waals surface area contributed by atoms with E-state index < -0.39 is 5.92 Å². The van der Waals surface area contributed by atoms with E-state index in [4.69, 9.17) is 27.9 Å². The Morgan fingerprint density at radius 1 is 1.35 bits per heavy atom. The van der Waals surface area contributed by atoms with Gasteiger partial charge < -0.3 is 4.74 Å². The molecule has 96 valence electrons. The average Bonchev–Trinajstić information content (AvgIpc) is 2.29. The number of allylic oxidation sites excluding steroid dienone is 1. The van der Waals surface area contributed by atoms with E-state index in [1.54, 1.807) is 6.92 Å². The van der Waals surface area contributed by atoms with Gasteiger partial charge in [0.2, 0.25) is 0 Å². The van der Waals surface area contributed by atoms with E-state index in [1.807, 2.05) is 6.08 Å². The van der Waals surface area contributed by atoms with E-state index in [2.05, 4.69) is 0 Å². The number of ether oxygens (including phenoxy) is 1. The SMILES string of the molecule is CCOC(=O)C(C=C(Cl)Cl)C=C1CCCCC1. The van der Waals surface area contributed by atoms with Crippen LogP contribution in [0, 0.1) is 5.92 Å². The molecule has 0 aromatic rings. The lowest BCUT2D eigenvalue weighted by molar-refractivity contribution is -0.144. The van der Waals surface area contributed by atoms with Crippen LogP contribution >= 0.6 is 23.2 Å². The van der Waals surface area contributed by atoms with Crippen molar-refractivity contribution in [3.8, 4) is 0 Å². The van der Waals surface area contributed by atoms with Crippen molar-refractivity contribution in [2.45, 2.75) is 39.0 Å². The van der Waals surface area contributed by atoms with Crippen LogP contribution in [0.5, 0.6) is 0 Å². The van der Waals surface area contributed by atoms with Crippen molar-refractivity contribution in [2.75, 3.05) is 6.61 Å². The van der Waals surface area contributed by atoms with Gasteiger partial charge in [-0.3, -0.25) is 4.79 Å². The molecule has 0 aromatic heterocycles. The Bertz CT molecular complexity index is 309. The first-order valence-electron chi connectivity index (χ1n) is 6.02. The molecular formula is C13H18Cl2O2. The standard InChI is InChI=1S/C13H18Cl2O2/c1-2-17-13(16)11(9-12(14)15)8-10-6-4-3-5-7-10/h8-9,11H,2-7H2,1H3. The van der Waals surface area contributed by atoms with Crippen LogP contribution < -0.4 is 0 Å². The zero-order valence-corrected chi connectivity index (χ0v) is 11.6. The van der Waals surface area contributed by atoms with E-state index in [0.29, 0.717) is 6.61 Å². The molecule has 1 aliphatic carbocycles. The summed E-state index contributed by atoms with van der Waals surface area (Å²) in [7, 11) is 0. The molecule has 0 N–H and O–H groups in total. The molecule has 0 aliphatic heterocycles. The minimum absolute atomic E-state index is 0.107. The normalized spacial score (nSPS) is 17.2. The summed E-state index contributed by atoms with van der Waals surface area (Å²) in [6.45, 7) is 2.15. The predicted molar refractivity (Wildman–Crippen MR) is 71.1 cm³/mol. The third-order valence-electron chi connectivity index (χ3n) is 2.78. The molecule has 0 spiro atoms. The van der Waals surface area contributed by atoms with E-state index in [0.717, 1.165) is 12.8 Å². The highest BCUT2D eigenvalue weighted by molar-refractivity contribution is 6.55. The smallest absolute Gasteiger partial charge is 0.316 e. The summed E-state index contributed by atoms with van der Waals surface area (Å²) in [5, 5.41) is 0. The lowest BCUT2D eigenvalue weighted by atomic mass is 9.92. The number of rotatable bonds is 4. The summed E-state index contributed by atoms with van der Waals surface area (Å²) < 4.78 is 5.11. The Morgan fingerprint density at radius 2 is 2.00 bits per heavy atom. The zero-order valence-electron chi connectivity index (χ0n) is 10.0. The first kappa shape index (κ1) is 14.6. The molecule has 2 nitrogen and oxygen atoms in total. The lowest BCUT2D eigenvalue weighted by Gasteiger charge is -2.16. The van der Waals surface area contributed by atoms with Gasteiger partial charge in [-0.05, 0) is 38.7 Å². The van der Waals surface area contributed by atoms with Crippen LogP contribution in [-0.4, -0.2) is 12.6 Å². The first-order valence-corrected chi connectivity index (χ1v) is 6.78. The predicted octanol–water partition coefficient (Wildman–Crippen LogP) is 4.38. The van der Waals surface area contributed by atoms with E-state index in [-0.39, 0.29) is 10.5 Å². The maximum atomic E-state index is 11.7. The molecule has 0 amide bonds. The van der Waals surface area contributed by atoms with Crippen molar-refractivity contribution in [2.24, 2.45) is 5.92 Å². The van der Waals surface area contributed by atoms with Crippen molar-refractivity contribution in [1.29, 1.82) is 0 Å². The fourth-order valence-corrected chi connectivity index (χ4v) is 2.26. The summed E-state index contributed by atoms with van der Waals surface area (Å²) in [5.74, 6) is -0.738. The van der Waals surface area contributed by atoms with Gasteiger partial charge in [0.1, 0.15) is 4.49 Å².